The van der Waals surface area contributed by atoms with Gasteiger partial charge in [-0.05, 0) is 19.1 Å². The van der Waals surface area contributed by atoms with Crippen molar-refractivity contribution in [1.82, 2.24) is 9.38 Å². The van der Waals surface area contributed by atoms with Gasteiger partial charge >= 0.3 is 0 Å². The Hall–Kier alpha value is -1.89. The number of halogens is 2. The second kappa shape index (κ2) is 5.39. The number of hydrogen-bond donors (Lipinski definition) is 1. The third kappa shape index (κ3) is 2.20. The summed E-state index contributed by atoms with van der Waals surface area (Å²) >= 11 is 13.1. The number of nitrogens with two attached hydrogens (primary N) is 1. The Bertz CT molecular complexity index is 930. The van der Waals surface area contributed by atoms with Gasteiger partial charge in [-0.1, -0.05) is 40.6 Å². The molecule has 1 amide bonds. The van der Waals surface area contributed by atoms with Gasteiger partial charge in [0.1, 0.15) is 16.3 Å². The number of benzene rings is 1. The largest absolute Gasteiger partial charge is 0.365 e. The minimum atomic E-state index is -0.541. The second-order valence-corrected chi connectivity index (χ2v) is 6.38. The average molecular weight is 354 g/mol. The number of aryl methyl sites for hydroxylation is 1. The molecule has 0 spiro atoms. The Morgan fingerprint density at radius 3 is 2.68 bits per heavy atom. The fourth-order valence-electron chi connectivity index (χ4n) is 2.26. The van der Waals surface area contributed by atoms with Crippen molar-refractivity contribution in [2.75, 3.05) is 0 Å². The minimum absolute atomic E-state index is 0.342. The number of amides is 1. The molecule has 112 valence electrons. The Kier molecular flexibility index (Phi) is 3.68. The molecular formula is C14H9Cl2N3O2S. The Morgan fingerprint density at radius 2 is 2.09 bits per heavy atom. The summed E-state index contributed by atoms with van der Waals surface area (Å²) < 4.78 is 1.62. The molecule has 0 bridgehead atoms. The van der Waals surface area contributed by atoms with Gasteiger partial charge in [0.05, 0.1) is 10.0 Å². The molecule has 5 nitrogen and oxygen atoms in total. The lowest BCUT2D eigenvalue weighted by Gasteiger charge is -2.02. The van der Waals surface area contributed by atoms with Crippen LogP contribution >= 0.6 is 34.5 Å². The van der Waals surface area contributed by atoms with Crippen LogP contribution in [0, 0.1) is 6.92 Å². The lowest BCUT2D eigenvalue weighted by molar-refractivity contribution is 0.100. The molecule has 0 aliphatic carbocycles. The molecule has 1 aromatic carbocycles. The first-order valence-corrected chi connectivity index (χ1v) is 7.73. The summed E-state index contributed by atoms with van der Waals surface area (Å²) in [5, 5.41) is 0.799. The van der Waals surface area contributed by atoms with Gasteiger partial charge in [-0.3, -0.25) is 14.0 Å². The summed E-state index contributed by atoms with van der Waals surface area (Å²) in [7, 11) is 0. The molecule has 2 heterocycles. The summed E-state index contributed by atoms with van der Waals surface area (Å²) in [4.78, 5) is 28.3. The highest BCUT2D eigenvalue weighted by molar-refractivity contribution is 7.19. The minimum Gasteiger partial charge on any atom is -0.365 e. The van der Waals surface area contributed by atoms with Gasteiger partial charge in [0.25, 0.3) is 5.91 Å². The molecular weight excluding hydrogens is 345 g/mol. The predicted molar refractivity (Wildman–Crippen MR) is 87.2 cm³/mol. The fourth-order valence-corrected chi connectivity index (χ4v) is 3.55. The lowest BCUT2D eigenvalue weighted by atomic mass is 10.1. The number of primary amides is 1. The van der Waals surface area contributed by atoms with Gasteiger partial charge in [-0.15, -0.1) is 0 Å². The third-order valence-electron chi connectivity index (χ3n) is 3.27. The van der Waals surface area contributed by atoms with E-state index in [0.29, 0.717) is 48.8 Å². The summed E-state index contributed by atoms with van der Waals surface area (Å²) in [6.45, 7) is 1.72. The second-order valence-electron chi connectivity index (χ2n) is 4.59. The number of rotatable bonds is 3. The smallest absolute Gasteiger partial charge is 0.260 e. The van der Waals surface area contributed by atoms with E-state index < -0.39 is 5.91 Å². The van der Waals surface area contributed by atoms with E-state index in [9.17, 15) is 9.59 Å². The van der Waals surface area contributed by atoms with Crippen LogP contribution in [-0.4, -0.2) is 21.6 Å². The molecule has 0 aliphatic rings. The van der Waals surface area contributed by atoms with E-state index >= 15 is 0 Å². The van der Waals surface area contributed by atoms with E-state index in [1.807, 2.05) is 0 Å². The number of imidazole rings is 1. The van der Waals surface area contributed by atoms with Gasteiger partial charge < -0.3 is 5.73 Å². The molecule has 3 aromatic rings. The van der Waals surface area contributed by atoms with Gasteiger partial charge in [-0.2, -0.15) is 0 Å². The summed E-state index contributed by atoms with van der Waals surface area (Å²) in [5.41, 5.74) is 7.42. The van der Waals surface area contributed by atoms with Crippen molar-refractivity contribution < 1.29 is 9.59 Å². The monoisotopic (exact) mass is 353 g/mol. The van der Waals surface area contributed by atoms with Crippen LogP contribution in [0.5, 0.6) is 0 Å². The average Bonchev–Trinajstić information content (AvgIpc) is 2.99. The first-order chi connectivity index (χ1) is 10.4. The van der Waals surface area contributed by atoms with Crippen molar-refractivity contribution in [3.8, 4) is 11.3 Å². The molecule has 8 heteroatoms. The summed E-state index contributed by atoms with van der Waals surface area (Å²) in [6, 6.07) is 5.02. The van der Waals surface area contributed by atoms with Crippen LogP contribution in [0.3, 0.4) is 0 Å². The molecule has 2 N–H and O–H groups in total. The normalized spacial score (nSPS) is 11.0. The van der Waals surface area contributed by atoms with Crippen molar-refractivity contribution >= 4 is 51.7 Å². The molecule has 0 fully saturated rings. The van der Waals surface area contributed by atoms with Crippen LogP contribution in [-0.2, 0) is 0 Å². The molecule has 0 atom stereocenters. The van der Waals surface area contributed by atoms with Crippen LogP contribution in [0.25, 0.3) is 16.2 Å². The summed E-state index contributed by atoms with van der Waals surface area (Å²) in [5.74, 6) is -0.541. The van der Waals surface area contributed by atoms with Crippen molar-refractivity contribution in [2.45, 2.75) is 6.92 Å². The number of thiazole rings is 1. The molecule has 0 saturated carbocycles. The fraction of sp³-hybridized carbons (Fsp3) is 0.0714. The number of aromatic nitrogens is 2. The van der Waals surface area contributed by atoms with E-state index in [4.69, 9.17) is 28.9 Å². The maximum Gasteiger partial charge on any atom is 0.260 e. The highest BCUT2D eigenvalue weighted by atomic mass is 35.5. The van der Waals surface area contributed by atoms with Crippen LogP contribution in [0.1, 0.15) is 25.9 Å². The number of nitrogens with zero attached hydrogens (tertiary/aromatic N) is 2. The molecule has 0 saturated heterocycles. The zero-order chi connectivity index (χ0) is 16.0. The van der Waals surface area contributed by atoms with E-state index in [0.717, 1.165) is 11.3 Å². The van der Waals surface area contributed by atoms with Crippen molar-refractivity contribution in [3.63, 3.8) is 0 Å². The Balaban J connectivity index is 2.29. The topological polar surface area (TPSA) is 77.5 Å². The number of carbonyl (C=O) groups is 2. The quantitative estimate of drug-likeness (QED) is 0.730. The molecule has 3 rings (SSSR count). The number of hydrogen-bond acceptors (Lipinski definition) is 4. The Labute approximate surface area is 139 Å². The van der Waals surface area contributed by atoms with E-state index in [-0.39, 0.29) is 0 Å². The van der Waals surface area contributed by atoms with Gasteiger partial charge in [-0.25, -0.2) is 4.98 Å². The van der Waals surface area contributed by atoms with E-state index in [1.54, 1.807) is 29.5 Å². The van der Waals surface area contributed by atoms with Crippen LogP contribution in [0.15, 0.2) is 18.2 Å². The number of fused-ring (bicyclic) bond motifs is 1. The maximum absolute atomic E-state index is 11.5. The van der Waals surface area contributed by atoms with Crippen molar-refractivity contribution in [1.29, 1.82) is 0 Å². The van der Waals surface area contributed by atoms with Gasteiger partial charge in [0, 0.05) is 11.3 Å². The number of carbonyl (C=O) groups excluding carboxylic acids is 2. The van der Waals surface area contributed by atoms with Crippen molar-refractivity contribution in [3.05, 3.63) is 44.5 Å². The van der Waals surface area contributed by atoms with Crippen LogP contribution in [0.4, 0.5) is 0 Å². The zero-order valence-corrected chi connectivity index (χ0v) is 13.6. The molecule has 0 aliphatic heterocycles. The highest BCUT2D eigenvalue weighted by Gasteiger charge is 2.21. The van der Waals surface area contributed by atoms with E-state index in [2.05, 4.69) is 4.98 Å². The maximum atomic E-state index is 11.5. The van der Waals surface area contributed by atoms with Crippen LogP contribution in [0.2, 0.25) is 10.0 Å². The molecule has 22 heavy (non-hydrogen) atoms. The van der Waals surface area contributed by atoms with Gasteiger partial charge in [0.2, 0.25) is 0 Å². The standard InChI is InChI=1S/C14H9Cl2N3O2S/c1-6-12(13(17)21)22-14-18-11(10(5-20)19(6)14)7-2-3-8(15)9(16)4-7/h2-5H,1H3,(H2,17,21). The molecule has 0 radical (unpaired) electrons. The SMILES string of the molecule is Cc1c(C(N)=O)sc2nc(-c3ccc(Cl)c(Cl)c3)c(C=O)n12. The zero-order valence-electron chi connectivity index (χ0n) is 11.3. The first-order valence-electron chi connectivity index (χ1n) is 6.16. The van der Waals surface area contributed by atoms with Crippen LogP contribution < -0.4 is 5.73 Å². The summed E-state index contributed by atoms with van der Waals surface area (Å²) in [6.07, 6.45) is 0.697. The molecule has 0 unspecified atom stereocenters. The highest BCUT2D eigenvalue weighted by Crippen LogP contribution is 2.33. The lowest BCUT2D eigenvalue weighted by Crippen LogP contribution is -2.11. The molecule has 2 aromatic heterocycles. The van der Waals surface area contributed by atoms with E-state index in [1.165, 1.54) is 0 Å². The number of aldehydes is 1. The predicted octanol–water partition coefficient (Wildman–Crippen LogP) is 3.59. The third-order valence-corrected chi connectivity index (χ3v) is 5.16. The van der Waals surface area contributed by atoms with Crippen molar-refractivity contribution in [2.24, 2.45) is 5.73 Å². The van der Waals surface area contributed by atoms with Gasteiger partial charge in [0.15, 0.2) is 11.2 Å². The Morgan fingerprint density at radius 1 is 1.36 bits per heavy atom. The first kappa shape index (κ1) is 15.0.